The maximum absolute atomic E-state index is 10.3. The van der Waals surface area contributed by atoms with Gasteiger partial charge in [0.1, 0.15) is 10.0 Å². The fourth-order valence-electron chi connectivity index (χ4n) is 0.258. The average Bonchev–Trinajstić information content (AvgIpc) is 1.59. The van der Waals surface area contributed by atoms with Crippen molar-refractivity contribution >= 4 is 20.7 Å². The third kappa shape index (κ3) is 8.18. The first-order valence-electron chi connectivity index (χ1n) is 2.68. The van der Waals surface area contributed by atoms with Crippen LogP contribution >= 0.6 is 10.7 Å². The summed E-state index contributed by atoms with van der Waals surface area (Å²) in [6.45, 7) is 6.06. The summed E-state index contributed by atoms with van der Waals surface area (Å²) < 4.78 is 10.3. The van der Waals surface area contributed by atoms with Gasteiger partial charge < -0.3 is 0 Å². The van der Waals surface area contributed by atoms with E-state index in [-0.39, 0.29) is 5.41 Å². The summed E-state index contributed by atoms with van der Waals surface area (Å²) in [7, 11) is 3.85. The van der Waals surface area contributed by atoms with Crippen LogP contribution in [0.5, 0.6) is 0 Å². The number of hydrogen-bond acceptors (Lipinski definition) is 1. The summed E-state index contributed by atoms with van der Waals surface area (Å²) in [6, 6.07) is 0. The molecule has 3 heteroatoms. The molecule has 0 spiro atoms. The highest BCUT2D eigenvalue weighted by molar-refractivity contribution is 8.10. The third-order valence-electron chi connectivity index (χ3n) is 0.675. The molecule has 0 aromatic heterocycles. The molecule has 0 N–H and O–H groups in total. The molecule has 0 aliphatic rings. The topological polar surface area (TPSA) is 17.1 Å². The Kier molecular flexibility index (Phi) is 3.44. The van der Waals surface area contributed by atoms with Crippen molar-refractivity contribution in [3.8, 4) is 0 Å². The molecule has 0 bridgehead atoms. The first-order chi connectivity index (χ1) is 3.92. The lowest BCUT2D eigenvalue weighted by atomic mass is 9.98. The number of hydrogen-bond donors (Lipinski definition) is 0. The molecule has 9 heavy (non-hydrogen) atoms. The van der Waals surface area contributed by atoms with E-state index in [1.165, 1.54) is 5.41 Å². The summed E-state index contributed by atoms with van der Waals surface area (Å²) >= 11 is 0. The van der Waals surface area contributed by atoms with E-state index in [1.807, 2.05) is 26.8 Å². The van der Waals surface area contributed by atoms with Gasteiger partial charge in [0.15, 0.2) is 0 Å². The predicted octanol–water partition coefficient (Wildman–Crippen LogP) is 2.45. The molecule has 0 heterocycles. The quantitative estimate of drug-likeness (QED) is 0.547. The van der Waals surface area contributed by atoms with Crippen molar-refractivity contribution in [3.63, 3.8) is 0 Å². The van der Waals surface area contributed by atoms with Crippen molar-refractivity contribution in [2.75, 3.05) is 0 Å². The van der Waals surface area contributed by atoms with Crippen molar-refractivity contribution < 1.29 is 4.21 Å². The molecule has 0 aliphatic heterocycles. The van der Waals surface area contributed by atoms with Crippen LogP contribution in [0, 0.1) is 5.41 Å². The molecule has 0 rings (SSSR count). The van der Waals surface area contributed by atoms with E-state index in [2.05, 4.69) is 0 Å². The Hall–Kier alpha value is 0.180. The molecule has 0 saturated heterocycles. The lowest BCUT2D eigenvalue weighted by Crippen LogP contribution is -1.98. The third-order valence-corrected chi connectivity index (χ3v) is 1.33. The van der Waals surface area contributed by atoms with Gasteiger partial charge >= 0.3 is 0 Å². The van der Waals surface area contributed by atoms with Crippen LogP contribution < -0.4 is 0 Å². The molecule has 0 fully saturated rings. The second-order valence-electron chi connectivity index (χ2n) is 2.92. The van der Waals surface area contributed by atoms with Crippen LogP contribution in [0.15, 0.2) is 11.5 Å². The number of allylic oxidation sites excluding steroid dienone is 1. The highest BCUT2D eigenvalue weighted by atomic mass is 35.7. The first-order valence-corrected chi connectivity index (χ1v) is 4.72. The van der Waals surface area contributed by atoms with Gasteiger partial charge in [0.05, 0.1) is 0 Å². The van der Waals surface area contributed by atoms with Gasteiger partial charge in [0.25, 0.3) is 0 Å². The van der Waals surface area contributed by atoms with Crippen molar-refractivity contribution in [1.29, 1.82) is 0 Å². The van der Waals surface area contributed by atoms with Crippen LogP contribution in [0.25, 0.3) is 0 Å². The standard InChI is InChI=1S/C6H11ClOS/c1-6(2,3)4-5-9(7)8/h4-5H,1-3H3/b5-4+. The van der Waals surface area contributed by atoms with Crippen LogP contribution in [-0.4, -0.2) is 4.21 Å². The molecule has 0 saturated carbocycles. The number of halogens is 1. The fourth-order valence-corrected chi connectivity index (χ4v) is 0.927. The second kappa shape index (κ2) is 3.37. The normalized spacial score (nSPS) is 16.4. The molecule has 0 aliphatic carbocycles. The number of rotatable bonds is 1. The Labute approximate surface area is 63.1 Å². The molecule has 1 nitrogen and oxygen atoms in total. The van der Waals surface area contributed by atoms with E-state index in [0.29, 0.717) is 0 Å². The van der Waals surface area contributed by atoms with Crippen molar-refractivity contribution in [2.45, 2.75) is 20.8 Å². The summed E-state index contributed by atoms with van der Waals surface area (Å²) in [5, 5.41) is 1.49. The molecule has 1 unspecified atom stereocenters. The Morgan fingerprint density at radius 2 is 1.89 bits per heavy atom. The maximum atomic E-state index is 10.3. The van der Waals surface area contributed by atoms with Crippen LogP contribution in [-0.2, 0) is 10.0 Å². The summed E-state index contributed by atoms with van der Waals surface area (Å²) in [6.07, 6.45) is 1.83. The predicted molar refractivity (Wildman–Crippen MR) is 42.6 cm³/mol. The Morgan fingerprint density at radius 3 is 2.00 bits per heavy atom. The molecule has 1 atom stereocenters. The maximum Gasteiger partial charge on any atom is 0.139 e. The van der Waals surface area contributed by atoms with Gasteiger partial charge in [0, 0.05) is 5.41 Å². The van der Waals surface area contributed by atoms with Crippen LogP contribution in [0.4, 0.5) is 0 Å². The van der Waals surface area contributed by atoms with Gasteiger partial charge in [-0.05, 0) is 16.1 Å². The van der Waals surface area contributed by atoms with Gasteiger partial charge in [-0.25, -0.2) is 4.21 Å². The molecule has 0 radical (unpaired) electrons. The molecule has 0 amide bonds. The highest BCUT2D eigenvalue weighted by Crippen LogP contribution is 2.14. The molecule has 54 valence electrons. The minimum Gasteiger partial charge on any atom is -0.238 e. The van der Waals surface area contributed by atoms with Crippen molar-refractivity contribution in [1.82, 2.24) is 0 Å². The van der Waals surface area contributed by atoms with Gasteiger partial charge in [-0.15, -0.1) is 0 Å². The van der Waals surface area contributed by atoms with Crippen LogP contribution in [0.1, 0.15) is 20.8 Å². The fraction of sp³-hybridized carbons (Fsp3) is 0.667. The zero-order valence-electron chi connectivity index (χ0n) is 5.85. The molecule has 0 aromatic rings. The monoisotopic (exact) mass is 166 g/mol. The first kappa shape index (κ1) is 9.18. The summed E-state index contributed by atoms with van der Waals surface area (Å²) in [5.74, 6) is 0. The summed E-state index contributed by atoms with van der Waals surface area (Å²) in [5.41, 5.74) is 0.0740. The van der Waals surface area contributed by atoms with Gasteiger partial charge in [0.2, 0.25) is 0 Å². The van der Waals surface area contributed by atoms with Crippen LogP contribution in [0.3, 0.4) is 0 Å². The minimum absolute atomic E-state index is 0.0740. The van der Waals surface area contributed by atoms with E-state index >= 15 is 0 Å². The van der Waals surface area contributed by atoms with Crippen LogP contribution in [0.2, 0.25) is 0 Å². The largest absolute Gasteiger partial charge is 0.238 e. The average molecular weight is 167 g/mol. The second-order valence-corrected chi connectivity index (χ2v) is 4.60. The van der Waals surface area contributed by atoms with E-state index in [4.69, 9.17) is 10.7 Å². The van der Waals surface area contributed by atoms with E-state index in [9.17, 15) is 4.21 Å². The Morgan fingerprint density at radius 1 is 1.44 bits per heavy atom. The lowest BCUT2D eigenvalue weighted by molar-refractivity contribution is 0.545. The zero-order chi connectivity index (χ0) is 7.49. The van der Waals surface area contributed by atoms with E-state index in [1.54, 1.807) is 0 Å². The summed E-state index contributed by atoms with van der Waals surface area (Å²) in [4.78, 5) is 0. The Bertz CT molecular complexity index is 134. The van der Waals surface area contributed by atoms with Crippen molar-refractivity contribution in [2.24, 2.45) is 5.41 Å². The highest BCUT2D eigenvalue weighted by Gasteiger charge is 2.03. The lowest BCUT2D eigenvalue weighted by Gasteiger charge is -2.09. The van der Waals surface area contributed by atoms with Gasteiger partial charge in [-0.1, -0.05) is 26.8 Å². The molecular formula is C6H11ClOS. The molecule has 0 aromatic carbocycles. The van der Waals surface area contributed by atoms with Gasteiger partial charge in [-0.3, -0.25) is 0 Å². The van der Waals surface area contributed by atoms with E-state index in [0.717, 1.165) is 0 Å². The zero-order valence-corrected chi connectivity index (χ0v) is 7.42. The Balaban J connectivity index is 3.86. The van der Waals surface area contributed by atoms with Gasteiger partial charge in [-0.2, -0.15) is 0 Å². The molecular weight excluding hydrogens is 156 g/mol. The SMILES string of the molecule is CC(C)(C)/C=C/S(=O)Cl. The minimum atomic E-state index is -1.32. The van der Waals surface area contributed by atoms with E-state index < -0.39 is 10.0 Å². The van der Waals surface area contributed by atoms with Crippen molar-refractivity contribution in [3.05, 3.63) is 11.5 Å². The smallest absolute Gasteiger partial charge is 0.139 e.